The number of hydrogen-bond donors (Lipinski definition) is 0. The fraction of sp³-hybridized carbons (Fsp3) is 0.714. The molecule has 3 nitrogen and oxygen atoms in total. The van der Waals surface area contributed by atoms with E-state index in [0.717, 1.165) is 0 Å². The maximum absolute atomic E-state index is 10.8. The minimum Gasteiger partial charge on any atom is -0.463 e. The number of rotatable bonds is 3. The molecule has 58 valence electrons. The van der Waals surface area contributed by atoms with Gasteiger partial charge >= 0.3 is 5.97 Å². The van der Waals surface area contributed by atoms with Crippen molar-refractivity contribution in [3.63, 3.8) is 0 Å². The topological polar surface area (TPSA) is 43.4 Å². The van der Waals surface area contributed by atoms with Crippen molar-refractivity contribution in [2.75, 3.05) is 7.11 Å². The van der Waals surface area contributed by atoms with Gasteiger partial charge in [0.15, 0.2) is 0 Å². The fourth-order valence-corrected chi connectivity index (χ4v) is 0.487. The number of Topliss-reactive ketones (excluding diaryl/α,β-unsaturated/α-hetero) is 1. The summed E-state index contributed by atoms with van der Waals surface area (Å²) in [6, 6.07) is 0. The first kappa shape index (κ1) is 9.14. The molecule has 10 heavy (non-hydrogen) atoms. The molecule has 0 rings (SSSR count). The zero-order valence-electron chi connectivity index (χ0n) is 6.51. The fourth-order valence-electron chi connectivity index (χ4n) is 0.487. The highest BCUT2D eigenvalue weighted by molar-refractivity contribution is 6.34. The summed E-state index contributed by atoms with van der Waals surface area (Å²) in [5.74, 6) is -1.40. The summed E-state index contributed by atoms with van der Waals surface area (Å²) in [7, 11) is 1.21. The molecule has 0 saturated heterocycles. The maximum atomic E-state index is 10.8. The second-order valence-corrected chi connectivity index (χ2v) is 2.17. The number of carbonyl (C=O) groups is 2. The molecule has 0 bridgehead atoms. The van der Waals surface area contributed by atoms with Crippen LogP contribution in [0.15, 0.2) is 0 Å². The van der Waals surface area contributed by atoms with Crippen LogP contribution in [0.25, 0.3) is 0 Å². The molecule has 0 amide bonds. The Kier molecular flexibility index (Phi) is 3.69. The van der Waals surface area contributed by atoms with E-state index in [0.29, 0.717) is 6.42 Å². The van der Waals surface area contributed by atoms with Crippen molar-refractivity contribution in [3.8, 4) is 0 Å². The number of esters is 1. The van der Waals surface area contributed by atoms with Crippen LogP contribution in [0.1, 0.15) is 20.3 Å². The Hall–Kier alpha value is -0.860. The zero-order valence-corrected chi connectivity index (χ0v) is 6.51. The predicted octanol–water partition coefficient (Wildman–Crippen LogP) is 0.775. The molecule has 0 saturated carbocycles. The first-order valence-electron chi connectivity index (χ1n) is 3.25. The molecule has 0 radical (unpaired) electrons. The highest BCUT2D eigenvalue weighted by Crippen LogP contribution is 2.02. The highest BCUT2D eigenvalue weighted by atomic mass is 16.5. The van der Waals surface area contributed by atoms with Crippen LogP contribution >= 0.6 is 0 Å². The molecule has 0 heterocycles. The summed E-state index contributed by atoms with van der Waals surface area (Å²) < 4.78 is 4.25. The van der Waals surface area contributed by atoms with Crippen LogP contribution in [0.2, 0.25) is 0 Å². The normalized spacial score (nSPS) is 12.3. The Labute approximate surface area is 60.4 Å². The quantitative estimate of drug-likeness (QED) is 0.434. The van der Waals surface area contributed by atoms with Gasteiger partial charge in [-0.3, -0.25) is 4.79 Å². The van der Waals surface area contributed by atoms with Crippen LogP contribution < -0.4 is 0 Å². The molecule has 0 aromatic rings. The molecule has 1 atom stereocenters. The lowest BCUT2D eigenvalue weighted by Gasteiger charge is -2.03. The van der Waals surface area contributed by atoms with Gasteiger partial charge in [-0.1, -0.05) is 13.8 Å². The molecule has 0 aromatic carbocycles. The van der Waals surface area contributed by atoms with E-state index in [1.54, 1.807) is 6.92 Å². The van der Waals surface area contributed by atoms with E-state index in [1.807, 2.05) is 6.92 Å². The summed E-state index contributed by atoms with van der Waals surface area (Å²) in [6.45, 7) is 3.56. The lowest BCUT2D eigenvalue weighted by molar-refractivity contribution is -0.153. The zero-order chi connectivity index (χ0) is 8.15. The van der Waals surface area contributed by atoms with E-state index in [4.69, 9.17) is 0 Å². The van der Waals surface area contributed by atoms with Crippen LogP contribution in [-0.2, 0) is 14.3 Å². The molecule has 0 aliphatic heterocycles. The van der Waals surface area contributed by atoms with Crippen molar-refractivity contribution < 1.29 is 14.3 Å². The number of carbonyl (C=O) groups excluding carboxylic acids is 2. The van der Waals surface area contributed by atoms with Gasteiger partial charge in [0, 0.05) is 5.92 Å². The lowest BCUT2D eigenvalue weighted by atomic mass is 10.0. The predicted molar refractivity (Wildman–Crippen MR) is 36.5 cm³/mol. The second-order valence-electron chi connectivity index (χ2n) is 2.17. The highest BCUT2D eigenvalue weighted by Gasteiger charge is 2.19. The van der Waals surface area contributed by atoms with Gasteiger partial charge in [0.2, 0.25) is 5.78 Å². The van der Waals surface area contributed by atoms with E-state index in [-0.39, 0.29) is 5.92 Å². The molecule has 0 aromatic heterocycles. The van der Waals surface area contributed by atoms with E-state index in [9.17, 15) is 9.59 Å². The van der Waals surface area contributed by atoms with Crippen molar-refractivity contribution in [1.29, 1.82) is 0 Å². The number of methoxy groups -OCH3 is 1. The smallest absolute Gasteiger partial charge is 0.374 e. The average Bonchev–Trinajstić information content (AvgIpc) is 2.00. The van der Waals surface area contributed by atoms with Gasteiger partial charge in [-0.25, -0.2) is 4.79 Å². The van der Waals surface area contributed by atoms with Crippen molar-refractivity contribution in [3.05, 3.63) is 0 Å². The minimum atomic E-state index is -0.741. The van der Waals surface area contributed by atoms with Gasteiger partial charge < -0.3 is 4.74 Å². The number of ether oxygens (including phenoxy) is 1. The third kappa shape index (κ3) is 2.17. The third-order valence-electron chi connectivity index (χ3n) is 1.45. The Morgan fingerprint density at radius 1 is 1.50 bits per heavy atom. The largest absolute Gasteiger partial charge is 0.463 e. The van der Waals surface area contributed by atoms with Gasteiger partial charge in [-0.15, -0.1) is 0 Å². The van der Waals surface area contributed by atoms with Gasteiger partial charge in [0.05, 0.1) is 7.11 Å². The average molecular weight is 144 g/mol. The molecule has 0 unspecified atom stereocenters. The first-order valence-corrected chi connectivity index (χ1v) is 3.25. The molecule has 0 aliphatic carbocycles. The monoisotopic (exact) mass is 144 g/mol. The van der Waals surface area contributed by atoms with Gasteiger partial charge in [-0.2, -0.15) is 0 Å². The second kappa shape index (κ2) is 4.04. The van der Waals surface area contributed by atoms with Crippen LogP contribution in [0.3, 0.4) is 0 Å². The molecule has 0 aliphatic rings. The number of hydrogen-bond acceptors (Lipinski definition) is 3. The Balaban J connectivity index is 3.95. The minimum absolute atomic E-state index is 0.215. The molecular weight excluding hydrogens is 132 g/mol. The third-order valence-corrected chi connectivity index (χ3v) is 1.45. The SMILES string of the molecule is CC[C@@H](C)C(=O)C(=O)OC. The van der Waals surface area contributed by atoms with E-state index < -0.39 is 11.8 Å². The van der Waals surface area contributed by atoms with Crippen molar-refractivity contribution in [2.45, 2.75) is 20.3 Å². The van der Waals surface area contributed by atoms with Gasteiger partial charge in [0.25, 0.3) is 0 Å². The maximum Gasteiger partial charge on any atom is 0.374 e. The summed E-state index contributed by atoms with van der Waals surface area (Å²) in [5, 5.41) is 0. The van der Waals surface area contributed by atoms with E-state index in [2.05, 4.69) is 4.74 Å². The van der Waals surface area contributed by atoms with E-state index in [1.165, 1.54) is 7.11 Å². The Bertz CT molecular complexity index is 140. The first-order chi connectivity index (χ1) is 4.63. The summed E-state index contributed by atoms with van der Waals surface area (Å²) in [4.78, 5) is 21.4. The molecule has 0 spiro atoms. The summed E-state index contributed by atoms with van der Waals surface area (Å²) >= 11 is 0. The van der Waals surface area contributed by atoms with Crippen LogP contribution in [-0.4, -0.2) is 18.9 Å². The Morgan fingerprint density at radius 2 is 2.00 bits per heavy atom. The molecular formula is C7H12O3. The standard InChI is InChI=1S/C7H12O3/c1-4-5(2)6(8)7(9)10-3/h5H,4H2,1-3H3/t5-/m1/s1. The van der Waals surface area contributed by atoms with Crippen LogP contribution in [0.4, 0.5) is 0 Å². The summed E-state index contributed by atoms with van der Waals surface area (Å²) in [6.07, 6.45) is 0.675. The van der Waals surface area contributed by atoms with Crippen molar-refractivity contribution in [2.24, 2.45) is 5.92 Å². The molecule has 0 fully saturated rings. The molecule has 3 heteroatoms. The van der Waals surface area contributed by atoms with Crippen LogP contribution in [0.5, 0.6) is 0 Å². The Morgan fingerprint density at radius 3 is 2.30 bits per heavy atom. The lowest BCUT2D eigenvalue weighted by Crippen LogP contribution is -2.22. The summed E-state index contributed by atoms with van der Waals surface area (Å²) in [5.41, 5.74) is 0. The van der Waals surface area contributed by atoms with Crippen LogP contribution in [0, 0.1) is 5.92 Å². The van der Waals surface area contributed by atoms with E-state index >= 15 is 0 Å². The van der Waals surface area contributed by atoms with Crippen molar-refractivity contribution >= 4 is 11.8 Å². The van der Waals surface area contributed by atoms with Crippen molar-refractivity contribution in [1.82, 2.24) is 0 Å². The molecule has 0 N–H and O–H groups in total. The number of ketones is 1. The van der Waals surface area contributed by atoms with Gasteiger partial charge in [-0.05, 0) is 6.42 Å². The van der Waals surface area contributed by atoms with Gasteiger partial charge in [0.1, 0.15) is 0 Å².